The van der Waals surface area contributed by atoms with E-state index in [1.165, 1.54) is 0 Å². The molecular weight excluding hydrogens is 350 g/mol. The van der Waals surface area contributed by atoms with Crippen molar-refractivity contribution in [1.82, 2.24) is 9.88 Å². The number of nitrogens with zero attached hydrogens (tertiary/aromatic N) is 2. The lowest BCUT2D eigenvalue weighted by Gasteiger charge is -2.21. The molecule has 4 rings (SSSR count). The third kappa shape index (κ3) is 3.46. The Bertz CT molecular complexity index is 1040. The number of H-pyrrole nitrogens is 1. The summed E-state index contributed by atoms with van der Waals surface area (Å²) in [6.45, 7) is 0.506. The van der Waals surface area contributed by atoms with Crippen molar-refractivity contribution in [3.8, 4) is 23.1 Å². The normalized spacial score (nSPS) is 13.3. The number of nitrogens with one attached hydrogen (secondary N) is 1. The Morgan fingerprint density at radius 3 is 2.71 bits per heavy atom. The third-order valence-corrected chi connectivity index (χ3v) is 5.29. The summed E-state index contributed by atoms with van der Waals surface area (Å²) in [5, 5.41) is 9.99. The van der Waals surface area contributed by atoms with Gasteiger partial charge in [0.1, 0.15) is 5.75 Å². The SMILES string of the molecule is COc1ccccc1-c1[nH]c2ccccc2c1CC(=O)N(CCC#N)C1CC1. The minimum Gasteiger partial charge on any atom is -0.496 e. The van der Waals surface area contributed by atoms with Crippen LogP contribution >= 0.6 is 0 Å². The van der Waals surface area contributed by atoms with Gasteiger partial charge < -0.3 is 14.6 Å². The van der Waals surface area contributed by atoms with Gasteiger partial charge in [-0.2, -0.15) is 5.26 Å². The smallest absolute Gasteiger partial charge is 0.227 e. The number of aromatic amines is 1. The molecule has 2 aromatic carbocycles. The van der Waals surface area contributed by atoms with Gasteiger partial charge in [0.25, 0.3) is 0 Å². The molecule has 1 aliphatic carbocycles. The van der Waals surface area contributed by atoms with Gasteiger partial charge in [-0.25, -0.2) is 0 Å². The second kappa shape index (κ2) is 7.77. The van der Waals surface area contributed by atoms with Crippen LogP contribution in [0.25, 0.3) is 22.2 Å². The Morgan fingerprint density at radius 2 is 1.96 bits per heavy atom. The topological polar surface area (TPSA) is 69.1 Å². The zero-order chi connectivity index (χ0) is 19.5. The van der Waals surface area contributed by atoms with Crippen LogP contribution in [0.15, 0.2) is 48.5 Å². The molecule has 0 bridgehead atoms. The van der Waals surface area contributed by atoms with E-state index >= 15 is 0 Å². The van der Waals surface area contributed by atoms with Gasteiger partial charge in [0.05, 0.1) is 31.7 Å². The van der Waals surface area contributed by atoms with Gasteiger partial charge >= 0.3 is 0 Å². The molecule has 0 radical (unpaired) electrons. The lowest BCUT2D eigenvalue weighted by atomic mass is 10.0. The van der Waals surface area contributed by atoms with Crippen LogP contribution in [-0.4, -0.2) is 35.5 Å². The quantitative estimate of drug-likeness (QED) is 0.672. The molecule has 1 aromatic heterocycles. The Morgan fingerprint density at radius 1 is 1.21 bits per heavy atom. The van der Waals surface area contributed by atoms with E-state index in [0.29, 0.717) is 25.4 Å². The maximum Gasteiger partial charge on any atom is 0.227 e. The number of ether oxygens (including phenoxy) is 1. The molecule has 1 N–H and O–H groups in total. The van der Waals surface area contributed by atoms with Crippen LogP contribution in [0.5, 0.6) is 5.75 Å². The maximum atomic E-state index is 13.2. The molecule has 5 nitrogen and oxygen atoms in total. The lowest BCUT2D eigenvalue weighted by molar-refractivity contribution is -0.130. The maximum absolute atomic E-state index is 13.2. The lowest BCUT2D eigenvalue weighted by Crippen LogP contribution is -2.35. The number of hydrogen-bond donors (Lipinski definition) is 1. The van der Waals surface area contributed by atoms with E-state index < -0.39 is 0 Å². The summed E-state index contributed by atoms with van der Waals surface area (Å²) in [5.41, 5.74) is 3.84. The predicted octanol–water partition coefficient (Wildman–Crippen LogP) is 4.29. The van der Waals surface area contributed by atoms with Crippen LogP contribution in [0.4, 0.5) is 0 Å². The third-order valence-electron chi connectivity index (χ3n) is 5.29. The highest BCUT2D eigenvalue weighted by molar-refractivity contribution is 5.96. The van der Waals surface area contributed by atoms with E-state index in [0.717, 1.165) is 46.3 Å². The van der Waals surface area contributed by atoms with Gasteiger partial charge in [0, 0.05) is 29.1 Å². The first-order valence-electron chi connectivity index (χ1n) is 9.62. The van der Waals surface area contributed by atoms with Gasteiger partial charge in [0.2, 0.25) is 5.91 Å². The van der Waals surface area contributed by atoms with Crippen LogP contribution in [0.3, 0.4) is 0 Å². The Kier molecular flexibility index (Phi) is 5.03. The number of rotatable bonds is 7. The van der Waals surface area contributed by atoms with Gasteiger partial charge in [0.15, 0.2) is 0 Å². The average molecular weight is 373 g/mol. The summed E-state index contributed by atoms with van der Waals surface area (Å²) in [5.74, 6) is 0.852. The van der Waals surface area contributed by atoms with Crippen molar-refractivity contribution in [3.63, 3.8) is 0 Å². The van der Waals surface area contributed by atoms with E-state index in [2.05, 4.69) is 11.1 Å². The van der Waals surface area contributed by atoms with Crippen LogP contribution in [0.1, 0.15) is 24.8 Å². The summed E-state index contributed by atoms with van der Waals surface area (Å²) >= 11 is 0. The molecule has 0 spiro atoms. The molecule has 0 saturated heterocycles. The van der Waals surface area contributed by atoms with E-state index in [1.54, 1.807) is 7.11 Å². The first-order valence-corrected chi connectivity index (χ1v) is 9.62. The van der Waals surface area contributed by atoms with E-state index in [-0.39, 0.29) is 5.91 Å². The molecule has 1 aliphatic rings. The second-order valence-electron chi connectivity index (χ2n) is 7.13. The van der Waals surface area contributed by atoms with E-state index in [9.17, 15) is 4.79 Å². The van der Waals surface area contributed by atoms with Crippen LogP contribution in [-0.2, 0) is 11.2 Å². The van der Waals surface area contributed by atoms with Gasteiger partial charge in [-0.05, 0) is 36.6 Å². The van der Waals surface area contributed by atoms with Crippen molar-refractivity contribution in [1.29, 1.82) is 5.26 Å². The monoisotopic (exact) mass is 373 g/mol. The second-order valence-corrected chi connectivity index (χ2v) is 7.13. The fraction of sp³-hybridized carbons (Fsp3) is 0.304. The van der Waals surface area contributed by atoms with E-state index in [4.69, 9.17) is 10.00 Å². The molecule has 3 aromatic rings. The molecule has 142 valence electrons. The summed E-state index contributed by atoms with van der Waals surface area (Å²) in [7, 11) is 1.66. The summed E-state index contributed by atoms with van der Waals surface area (Å²) < 4.78 is 5.55. The number of fused-ring (bicyclic) bond motifs is 1. The fourth-order valence-corrected chi connectivity index (χ4v) is 3.79. The number of nitriles is 1. The highest BCUT2D eigenvalue weighted by Crippen LogP contribution is 2.36. The summed E-state index contributed by atoms with van der Waals surface area (Å²) in [4.78, 5) is 18.5. The van der Waals surface area contributed by atoms with E-state index in [1.807, 2.05) is 53.4 Å². The molecule has 5 heteroatoms. The van der Waals surface area contributed by atoms with Crippen molar-refractivity contribution in [2.45, 2.75) is 31.7 Å². The zero-order valence-electron chi connectivity index (χ0n) is 15.9. The molecule has 1 saturated carbocycles. The van der Waals surface area contributed by atoms with Crippen molar-refractivity contribution < 1.29 is 9.53 Å². The van der Waals surface area contributed by atoms with Crippen molar-refractivity contribution in [2.24, 2.45) is 0 Å². The number of para-hydroxylation sites is 2. The number of carbonyl (C=O) groups excluding carboxylic acids is 1. The number of methoxy groups -OCH3 is 1. The van der Waals surface area contributed by atoms with Gasteiger partial charge in [-0.1, -0.05) is 30.3 Å². The molecule has 0 atom stereocenters. The molecule has 1 fully saturated rings. The predicted molar refractivity (Wildman–Crippen MR) is 109 cm³/mol. The number of amides is 1. The largest absolute Gasteiger partial charge is 0.496 e. The Balaban J connectivity index is 1.75. The Hall–Kier alpha value is -3.26. The van der Waals surface area contributed by atoms with Crippen LogP contribution in [0, 0.1) is 11.3 Å². The highest BCUT2D eigenvalue weighted by Gasteiger charge is 2.32. The number of aromatic nitrogens is 1. The van der Waals surface area contributed by atoms with Crippen LogP contribution in [0.2, 0.25) is 0 Å². The van der Waals surface area contributed by atoms with Gasteiger partial charge in [-0.15, -0.1) is 0 Å². The van der Waals surface area contributed by atoms with Crippen molar-refractivity contribution in [2.75, 3.05) is 13.7 Å². The van der Waals surface area contributed by atoms with Gasteiger partial charge in [-0.3, -0.25) is 4.79 Å². The average Bonchev–Trinajstić information content (AvgIpc) is 3.50. The zero-order valence-corrected chi connectivity index (χ0v) is 15.9. The first kappa shape index (κ1) is 18.1. The van der Waals surface area contributed by atoms with Crippen molar-refractivity contribution in [3.05, 3.63) is 54.1 Å². The minimum absolute atomic E-state index is 0.0821. The summed E-state index contributed by atoms with van der Waals surface area (Å²) in [6, 6.07) is 18.3. The van der Waals surface area contributed by atoms with Crippen LogP contribution < -0.4 is 4.74 Å². The molecule has 0 unspecified atom stereocenters. The summed E-state index contributed by atoms with van der Waals surface area (Å²) in [6.07, 6.45) is 2.74. The number of hydrogen-bond acceptors (Lipinski definition) is 3. The van der Waals surface area contributed by atoms with Crippen molar-refractivity contribution >= 4 is 16.8 Å². The molecule has 1 heterocycles. The first-order chi connectivity index (χ1) is 13.7. The molecular formula is C23H23N3O2. The molecule has 28 heavy (non-hydrogen) atoms. The molecule has 0 aliphatic heterocycles. The highest BCUT2D eigenvalue weighted by atomic mass is 16.5. The number of carbonyl (C=O) groups is 1. The Labute approximate surface area is 164 Å². The standard InChI is InChI=1S/C23H23N3O2/c1-28-21-10-5-3-8-18(21)23-19(17-7-2-4-9-20(17)25-23)15-22(27)26(14-6-13-24)16-11-12-16/h2-5,7-10,16,25H,6,11-12,14-15H2,1H3. The minimum atomic E-state index is 0.0821. The molecule has 1 amide bonds. The fourth-order valence-electron chi connectivity index (χ4n) is 3.79. The number of benzene rings is 2.